The van der Waals surface area contributed by atoms with E-state index in [9.17, 15) is 4.79 Å². The molecule has 2 rings (SSSR count). The average molecular weight is 310 g/mol. The Morgan fingerprint density at radius 3 is 2.86 bits per heavy atom. The van der Waals surface area contributed by atoms with Crippen molar-refractivity contribution >= 4 is 28.9 Å². The minimum Gasteiger partial charge on any atom is -0.399 e. The van der Waals surface area contributed by atoms with Gasteiger partial charge >= 0.3 is 0 Å². The van der Waals surface area contributed by atoms with Gasteiger partial charge in [-0.25, -0.2) is 0 Å². The highest BCUT2D eigenvalue weighted by Gasteiger charge is 2.25. The third-order valence-electron chi connectivity index (χ3n) is 4.03. The van der Waals surface area contributed by atoms with Crippen LogP contribution in [-0.2, 0) is 4.79 Å². The van der Waals surface area contributed by atoms with Gasteiger partial charge in [0.25, 0.3) is 0 Å². The van der Waals surface area contributed by atoms with Gasteiger partial charge in [-0.05, 0) is 50.4 Å². The highest BCUT2D eigenvalue weighted by atomic mass is 35.5. The summed E-state index contributed by atoms with van der Waals surface area (Å²) in [6, 6.07) is 5.74. The summed E-state index contributed by atoms with van der Waals surface area (Å²) < 4.78 is 0. The zero-order valence-corrected chi connectivity index (χ0v) is 13.5. The van der Waals surface area contributed by atoms with Gasteiger partial charge in [0.05, 0.1) is 10.7 Å². The van der Waals surface area contributed by atoms with E-state index in [-0.39, 0.29) is 5.91 Å². The number of likely N-dealkylation sites (tertiary alicyclic amines) is 1. The Morgan fingerprint density at radius 2 is 2.24 bits per heavy atom. The van der Waals surface area contributed by atoms with Gasteiger partial charge in [0.2, 0.25) is 5.91 Å². The predicted octanol–water partition coefficient (Wildman–Crippen LogP) is 3.37. The molecule has 21 heavy (non-hydrogen) atoms. The maximum Gasteiger partial charge on any atom is 0.224 e. The molecule has 1 aromatic carbocycles. The Morgan fingerprint density at radius 1 is 1.48 bits per heavy atom. The first-order chi connectivity index (χ1) is 9.95. The van der Waals surface area contributed by atoms with E-state index in [2.05, 4.69) is 24.1 Å². The number of nitrogens with zero attached hydrogens (tertiary/aromatic N) is 1. The predicted molar refractivity (Wildman–Crippen MR) is 88.5 cm³/mol. The molecule has 0 saturated carbocycles. The van der Waals surface area contributed by atoms with E-state index < -0.39 is 0 Å². The first-order valence-corrected chi connectivity index (χ1v) is 7.92. The molecular weight excluding hydrogens is 286 g/mol. The average Bonchev–Trinajstić information content (AvgIpc) is 2.71. The van der Waals surface area contributed by atoms with Crippen molar-refractivity contribution in [3.63, 3.8) is 0 Å². The van der Waals surface area contributed by atoms with Crippen molar-refractivity contribution in [2.45, 2.75) is 39.2 Å². The smallest absolute Gasteiger partial charge is 0.224 e. The van der Waals surface area contributed by atoms with Crippen LogP contribution in [0.2, 0.25) is 5.02 Å². The summed E-state index contributed by atoms with van der Waals surface area (Å²) in [5.74, 6) is 0.768. The number of rotatable bonds is 5. The molecule has 4 nitrogen and oxygen atoms in total. The molecule has 1 aliphatic rings. The van der Waals surface area contributed by atoms with Gasteiger partial charge in [0.15, 0.2) is 0 Å². The van der Waals surface area contributed by atoms with E-state index >= 15 is 0 Å². The van der Waals surface area contributed by atoms with E-state index in [0.717, 1.165) is 25.4 Å². The lowest BCUT2D eigenvalue weighted by molar-refractivity contribution is -0.116. The summed E-state index contributed by atoms with van der Waals surface area (Å²) in [5, 5.41) is 3.32. The number of halogens is 1. The number of nitrogens with two attached hydrogens (primary N) is 1. The summed E-state index contributed by atoms with van der Waals surface area (Å²) in [6.45, 7) is 6.67. The second-order valence-electron chi connectivity index (χ2n) is 6.08. The molecule has 1 aromatic rings. The van der Waals surface area contributed by atoms with E-state index in [0.29, 0.717) is 28.9 Å². The monoisotopic (exact) mass is 309 g/mol. The third kappa shape index (κ3) is 4.61. The highest BCUT2D eigenvalue weighted by Crippen LogP contribution is 2.25. The number of benzene rings is 1. The molecule has 1 heterocycles. The fraction of sp³-hybridized carbons (Fsp3) is 0.562. The summed E-state index contributed by atoms with van der Waals surface area (Å²) in [7, 11) is 0. The minimum absolute atomic E-state index is 0.00145. The summed E-state index contributed by atoms with van der Waals surface area (Å²) in [4.78, 5) is 14.4. The Kier molecular flexibility index (Phi) is 5.48. The van der Waals surface area contributed by atoms with Crippen LogP contribution in [0.15, 0.2) is 18.2 Å². The number of hydrogen-bond donors (Lipinski definition) is 2. The molecule has 116 valence electrons. The molecule has 3 N–H and O–H groups in total. The maximum atomic E-state index is 11.9. The number of nitrogen functional groups attached to an aromatic ring is 1. The van der Waals surface area contributed by atoms with E-state index in [1.807, 2.05) is 0 Å². The Labute approximate surface area is 131 Å². The van der Waals surface area contributed by atoms with Gasteiger partial charge in [0, 0.05) is 24.7 Å². The minimum atomic E-state index is 0.00145. The lowest BCUT2D eigenvalue weighted by Gasteiger charge is -2.20. The lowest BCUT2D eigenvalue weighted by Crippen LogP contribution is -2.29. The van der Waals surface area contributed by atoms with Gasteiger partial charge in [0.1, 0.15) is 0 Å². The number of hydrogen-bond acceptors (Lipinski definition) is 3. The van der Waals surface area contributed by atoms with Crippen LogP contribution in [0, 0.1) is 5.92 Å². The number of anilines is 2. The van der Waals surface area contributed by atoms with Crippen molar-refractivity contribution in [3.8, 4) is 0 Å². The van der Waals surface area contributed by atoms with Crippen molar-refractivity contribution in [3.05, 3.63) is 23.2 Å². The van der Waals surface area contributed by atoms with Gasteiger partial charge in [-0.3, -0.25) is 4.79 Å². The van der Waals surface area contributed by atoms with E-state index in [4.69, 9.17) is 17.3 Å². The first kappa shape index (κ1) is 16.1. The van der Waals surface area contributed by atoms with Crippen molar-refractivity contribution in [2.24, 2.45) is 5.92 Å². The van der Waals surface area contributed by atoms with Crippen LogP contribution >= 0.6 is 11.6 Å². The van der Waals surface area contributed by atoms with E-state index in [1.54, 1.807) is 18.2 Å². The van der Waals surface area contributed by atoms with Gasteiger partial charge < -0.3 is 16.0 Å². The van der Waals surface area contributed by atoms with Crippen LogP contribution in [0.5, 0.6) is 0 Å². The zero-order chi connectivity index (χ0) is 15.4. The SMILES string of the molecule is CC1CC(C)N(CCCC(=O)Nc2ccc(N)cc2Cl)C1. The first-order valence-electron chi connectivity index (χ1n) is 7.54. The molecule has 0 aromatic heterocycles. The standard InChI is InChI=1S/C16H24ClN3O/c1-11-8-12(2)20(10-11)7-3-4-16(21)19-15-6-5-13(18)9-14(15)17/h5-6,9,11-12H,3-4,7-8,10,18H2,1-2H3,(H,19,21). The molecule has 0 radical (unpaired) electrons. The normalized spacial score (nSPS) is 22.4. The van der Waals surface area contributed by atoms with Crippen molar-refractivity contribution in [2.75, 3.05) is 24.1 Å². The Bertz CT molecular complexity index is 506. The van der Waals surface area contributed by atoms with Crippen LogP contribution in [-0.4, -0.2) is 29.9 Å². The largest absolute Gasteiger partial charge is 0.399 e. The summed E-state index contributed by atoms with van der Waals surface area (Å²) in [5.41, 5.74) is 6.85. The summed E-state index contributed by atoms with van der Waals surface area (Å²) >= 11 is 6.04. The van der Waals surface area contributed by atoms with Crippen LogP contribution in [0.4, 0.5) is 11.4 Å². The molecule has 5 heteroatoms. The molecule has 1 amide bonds. The lowest BCUT2D eigenvalue weighted by atomic mass is 10.1. The number of carbonyl (C=O) groups is 1. The Hall–Kier alpha value is -1.26. The zero-order valence-electron chi connectivity index (χ0n) is 12.7. The van der Waals surface area contributed by atoms with E-state index in [1.165, 1.54) is 6.42 Å². The van der Waals surface area contributed by atoms with Crippen molar-refractivity contribution < 1.29 is 4.79 Å². The van der Waals surface area contributed by atoms with Crippen molar-refractivity contribution in [1.82, 2.24) is 4.90 Å². The van der Waals surface area contributed by atoms with Crippen molar-refractivity contribution in [1.29, 1.82) is 0 Å². The van der Waals surface area contributed by atoms with Crippen LogP contribution in [0.1, 0.15) is 33.1 Å². The summed E-state index contributed by atoms with van der Waals surface area (Å²) in [6.07, 6.45) is 2.64. The van der Waals surface area contributed by atoms with Crippen LogP contribution < -0.4 is 11.1 Å². The Balaban J connectivity index is 1.75. The quantitative estimate of drug-likeness (QED) is 0.820. The molecule has 1 aliphatic heterocycles. The molecule has 0 bridgehead atoms. The van der Waals surface area contributed by atoms with Crippen LogP contribution in [0.3, 0.4) is 0 Å². The van der Waals surface area contributed by atoms with Crippen LogP contribution in [0.25, 0.3) is 0 Å². The van der Waals surface area contributed by atoms with Gasteiger partial charge in [-0.1, -0.05) is 18.5 Å². The number of carbonyl (C=O) groups excluding carboxylic acids is 1. The second-order valence-corrected chi connectivity index (χ2v) is 6.48. The van der Waals surface area contributed by atoms with Gasteiger partial charge in [-0.2, -0.15) is 0 Å². The second kappa shape index (κ2) is 7.14. The topological polar surface area (TPSA) is 58.4 Å². The molecule has 0 spiro atoms. The molecule has 2 unspecified atom stereocenters. The molecule has 1 fully saturated rings. The number of nitrogens with one attached hydrogen (secondary N) is 1. The molecule has 1 saturated heterocycles. The molecule has 2 atom stereocenters. The number of amides is 1. The molecule has 0 aliphatic carbocycles. The third-order valence-corrected chi connectivity index (χ3v) is 4.34. The highest BCUT2D eigenvalue weighted by molar-refractivity contribution is 6.34. The maximum absolute atomic E-state index is 11.9. The fourth-order valence-electron chi connectivity index (χ4n) is 2.99. The molecular formula is C16H24ClN3O. The van der Waals surface area contributed by atoms with Gasteiger partial charge in [-0.15, -0.1) is 0 Å². The fourth-order valence-corrected chi connectivity index (χ4v) is 3.22.